The van der Waals surface area contributed by atoms with Gasteiger partial charge in [-0.05, 0) is 157 Å². The molecule has 0 spiro atoms. The standard InChI is InChI=1S/2C44H28O/c1-3-13-29(14-4-1)31-17-11-18-33(27-31)42-34-19-7-9-21-36(34)43(37-22-10-8-20-35(37)42)39-23-12-24-40-44(39)38-26-25-32(28-41(38)45-40)30-15-5-2-6-16-30;1-3-15-29(16-4-1)31-19-7-8-20-33(31)41-34-21-9-11-23-36(34)42(37-24-12-10-22-35(37)41)38-26-14-28-40-43(38)39-27-13-25-32(44(39)45-40)30-17-5-2-6-18-30/h2*1-28H/i1D,2D,3D,4D,5D,6D,7D,8D,9D,10D,11D,12D,13D,14D,15D,16D,17D,18D,19D,20D,21D,22D,23D,24D,25D,27D,28D;1D,2D,3D,4D,5D,6D,7D,8D,9D,10D,11D,12D,13D,14D,15D,16D,17D,18D,19D,20D,21D,22D,23D,24D,25D,26D,27D,28D. The molecule has 0 aliphatic rings. The number of para-hydroxylation sites is 1. The molecule has 2 nitrogen and oxygen atoms in total. The lowest BCUT2D eigenvalue weighted by Crippen LogP contribution is -1.93. The third kappa shape index (κ3) is 8.88. The Labute approximate surface area is 598 Å². The zero-order valence-corrected chi connectivity index (χ0v) is 44.9. The molecule has 18 rings (SSSR count). The molecule has 0 N–H and O–H groups in total. The second-order valence-electron chi connectivity index (χ2n) is 19.1. The first-order valence-electron chi connectivity index (χ1n) is 53.9. The molecule has 420 valence electrons. The fourth-order valence-corrected chi connectivity index (χ4v) is 10.7. The summed E-state index contributed by atoms with van der Waals surface area (Å²) in [6.07, 6.45) is 0. The molecule has 18 aromatic rings. The summed E-state index contributed by atoms with van der Waals surface area (Å²) in [5, 5.41) is -8.03. The van der Waals surface area contributed by atoms with E-state index in [-0.39, 0.29) is 5.39 Å². The topological polar surface area (TPSA) is 26.3 Å². The molecule has 16 aromatic carbocycles. The van der Waals surface area contributed by atoms with E-state index in [4.69, 9.17) is 62.3 Å². The highest BCUT2D eigenvalue weighted by Gasteiger charge is 2.24. The third-order valence-corrected chi connectivity index (χ3v) is 14.3. The van der Waals surface area contributed by atoms with Crippen LogP contribution in [0.4, 0.5) is 0 Å². The van der Waals surface area contributed by atoms with Gasteiger partial charge in [0.15, 0.2) is 0 Å². The molecular weight excluding hydrogens is 1090 g/mol. The first-order chi connectivity index (χ1) is 67.5. The first-order valence-corrected chi connectivity index (χ1v) is 26.4. The SMILES string of the molecule is [2H]c1c([2H])c([2H])c(-c2c([2H])c([2H])c([2H])c([2H])c2-c2c3c([2H])c([2H])c([2H])c([2H])c3c(-c3c([2H])c([2H])c([2H])c4oc5c(-c6c([2H])c([2H])c([2H])c([2H])c6[2H])c([2H])c([2H])c([2H])c5c34)c3c([2H])c([2H])c([2H])c([2H])c23)c([2H])c1[2H].[2H]c1cc2c(oc3c([2H])c([2H])c([2H])c(-c4c5c([2H])c([2H])c([2H])c([2H])c5c(-c5c([2H])c([2H])c([2H])c(-c6c([2H])c([2H])c([2H])c([2H])c6[2H])c5[2H])c5c([2H])c([2H])c([2H])c([2H])c45)c32)c([2H])c1-c1c([2H])c([2H])c([2H])c([2H])c1[2H]. The third-order valence-electron chi connectivity index (χ3n) is 14.3. The summed E-state index contributed by atoms with van der Waals surface area (Å²) < 4.78 is 503. The summed E-state index contributed by atoms with van der Waals surface area (Å²) in [6, 6.07) is -51.1. The molecule has 0 fully saturated rings. The molecule has 0 radical (unpaired) electrons. The predicted octanol–water partition coefficient (Wildman–Crippen LogP) is 25.1. The molecule has 2 aromatic heterocycles. The number of hydrogen-bond acceptors (Lipinski definition) is 2. The zero-order chi connectivity index (χ0) is 107. The van der Waals surface area contributed by atoms with Crippen molar-refractivity contribution in [2.75, 3.05) is 0 Å². The van der Waals surface area contributed by atoms with Crippen LogP contribution >= 0.6 is 0 Å². The molecule has 90 heavy (non-hydrogen) atoms. The highest BCUT2D eigenvalue weighted by molar-refractivity contribution is 6.28. The van der Waals surface area contributed by atoms with Gasteiger partial charge < -0.3 is 8.83 Å². The van der Waals surface area contributed by atoms with Crippen molar-refractivity contribution in [2.24, 2.45) is 0 Å². The Morgan fingerprint density at radius 1 is 0.189 bits per heavy atom. The summed E-state index contributed by atoms with van der Waals surface area (Å²) in [4.78, 5) is 0. The summed E-state index contributed by atoms with van der Waals surface area (Å²) in [5.74, 6) is 0. The predicted molar refractivity (Wildman–Crippen MR) is 381 cm³/mol. The van der Waals surface area contributed by atoms with Crippen molar-refractivity contribution in [2.45, 2.75) is 0 Å². The van der Waals surface area contributed by atoms with Crippen LogP contribution < -0.4 is 0 Å². The van der Waals surface area contributed by atoms with Crippen molar-refractivity contribution in [1.29, 1.82) is 0 Å². The molecule has 0 amide bonds. The molecule has 2 heteroatoms. The van der Waals surface area contributed by atoms with Gasteiger partial charge in [-0.2, -0.15) is 0 Å². The van der Waals surface area contributed by atoms with E-state index in [1.165, 1.54) is 0 Å². The van der Waals surface area contributed by atoms with E-state index in [1.807, 2.05) is 0 Å². The van der Waals surface area contributed by atoms with E-state index in [9.17, 15) is 21.9 Å². The number of fused-ring (bicyclic) bond motifs is 10. The van der Waals surface area contributed by atoms with Crippen molar-refractivity contribution >= 4 is 87.0 Å². The molecule has 0 saturated carbocycles. The summed E-state index contributed by atoms with van der Waals surface area (Å²) in [6.45, 7) is 0. The Kier molecular flexibility index (Phi) is 5.15. The molecule has 0 saturated heterocycles. The normalized spacial score (nSPS) is 20.1. The molecule has 0 aliphatic carbocycles. The van der Waals surface area contributed by atoms with Gasteiger partial charge in [0.25, 0.3) is 0 Å². The fourth-order valence-electron chi connectivity index (χ4n) is 10.7. The van der Waals surface area contributed by atoms with E-state index in [1.54, 1.807) is 0 Å². The Morgan fingerprint density at radius 2 is 0.522 bits per heavy atom. The van der Waals surface area contributed by atoms with Gasteiger partial charge in [-0.15, -0.1) is 0 Å². The van der Waals surface area contributed by atoms with Gasteiger partial charge in [-0.3, -0.25) is 0 Å². The maximum atomic E-state index is 9.62. The zero-order valence-electron chi connectivity index (χ0n) is 99.9. The van der Waals surface area contributed by atoms with Gasteiger partial charge in [-0.1, -0.05) is 308 Å². The molecule has 0 aliphatic heterocycles. The van der Waals surface area contributed by atoms with Crippen LogP contribution in [-0.4, -0.2) is 0 Å². The number of hydrogen-bond donors (Lipinski definition) is 0. The van der Waals surface area contributed by atoms with Gasteiger partial charge in [0.05, 0.1) is 75.4 Å². The molecule has 0 unspecified atom stereocenters. The van der Waals surface area contributed by atoms with Gasteiger partial charge in [0.1, 0.15) is 22.3 Å². The summed E-state index contributed by atoms with van der Waals surface area (Å²) in [7, 11) is 0. The number of rotatable bonds is 8. The van der Waals surface area contributed by atoms with Crippen LogP contribution in [0, 0.1) is 0 Å². The summed E-state index contributed by atoms with van der Waals surface area (Å²) >= 11 is 0. The molecule has 0 bridgehead atoms. The van der Waals surface area contributed by atoms with Gasteiger partial charge in [0, 0.05) is 27.1 Å². The smallest absolute Gasteiger partial charge is 0.143 e. The van der Waals surface area contributed by atoms with Gasteiger partial charge >= 0.3 is 0 Å². The molecule has 0 atom stereocenters. The van der Waals surface area contributed by atoms with Crippen LogP contribution in [0.1, 0.15) is 75.4 Å². The van der Waals surface area contributed by atoms with Crippen LogP contribution in [0.5, 0.6) is 0 Å². The average Bonchev–Trinajstić information content (AvgIpc) is 1.67. The largest absolute Gasteiger partial charge is 0.456 e. The van der Waals surface area contributed by atoms with Crippen LogP contribution in [-0.2, 0) is 0 Å². The highest BCUT2D eigenvalue weighted by atomic mass is 16.3. The van der Waals surface area contributed by atoms with E-state index in [2.05, 4.69) is 0 Å². The van der Waals surface area contributed by atoms with Crippen molar-refractivity contribution < 1.29 is 84.2 Å². The fraction of sp³-hybridized carbons (Fsp3) is 0. The van der Waals surface area contributed by atoms with Crippen LogP contribution in [0.2, 0.25) is 0 Å². The Bertz CT molecular complexity index is 8950. The maximum Gasteiger partial charge on any atom is 0.143 e. The van der Waals surface area contributed by atoms with Crippen molar-refractivity contribution in [3.05, 3.63) is 338 Å². The minimum atomic E-state index is -1.08. The second kappa shape index (κ2) is 22.1. The van der Waals surface area contributed by atoms with Gasteiger partial charge in [-0.25, -0.2) is 0 Å². The number of furan rings is 2. The first kappa shape index (κ1) is 20.9. The van der Waals surface area contributed by atoms with Gasteiger partial charge in [0.2, 0.25) is 0 Å². The monoisotopic (exact) mass is 1200 g/mol. The minimum absolute atomic E-state index is 0.310. The second-order valence-corrected chi connectivity index (χ2v) is 19.1. The summed E-state index contributed by atoms with van der Waals surface area (Å²) in [5.41, 5.74) is -14.4. The Balaban J connectivity index is 0.000000199. The quantitative estimate of drug-likeness (QED) is 0.142. The van der Waals surface area contributed by atoms with Crippen molar-refractivity contribution in [1.82, 2.24) is 0 Å². The number of benzene rings is 16. The maximum absolute atomic E-state index is 9.62. The van der Waals surface area contributed by atoms with Crippen LogP contribution in [0.3, 0.4) is 0 Å². The van der Waals surface area contributed by atoms with Crippen LogP contribution in [0.25, 0.3) is 176 Å². The average molecular weight is 1200 g/mol. The van der Waals surface area contributed by atoms with E-state index < -0.39 is 503 Å². The lowest BCUT2D eigenvalue weighted by molar-refractivity contribution is 0.669. The van der Waals surface area contributed by atoms with Crippen LogP contribution in [0.15, 0.2) is 347 Å². The lowest BCUT2D eigenvalue weighted by atomic mass is 9.83. The molecule has 2 heterocycles. The van der Waals surface area contributed by atoms with Crippen molar-refractivity contribution in [3.8, 4) is 89.0 Å². The lowest BCUT2D eigenvalue weighted by Gasteiger charge is -2.20. The van der Waals surface area contributed by atoms with E-state index >= 15 is 0 Å². The Morgan fingerprint density at radius 3 is 1.04 bits per heavy atom. The van der Waals surface area contributed by atoms with Crippen molar-refractivity contribution in [3.63, 3.8) is 0 Å². The van der Waals surface area contributed by atoms with E-state index in [0.29, 0.717) is 0 Å². The molecular formula is C88H56O2. The highest BCUT2D eigenvalue weighted by Crippen LogP contribution is 2.51. The van der Waals surface area contributed by atoms with E-state index in [0.717, 1.165) is 6.07 Å². The minimum Gasteiger partial charge on any atom is -0.456 e. The Hall–Kier alpha value is -11.8.